The second-order valence-electron chi connectivity index (χ2n) is 4.37. The number of benzene rings is 1. The summed E-state index contributed by atoms with van der Waals surface area (Å²) < 4.78 is 5.31. The molecule has 0 heterocycles. The van der Waals surface area contributed by atoms with Crippen LogP contribution < -0.4 is 4.74 Å². The molecule has 0 atom stereocenters. The van der Waals surface area contributed by atoms with Crippen LogP contribution in [0.15, 0.2) is 24.3 Å². The fourth-order valence-electron chi connectivity index (χ4n) is 1.19. The molecule has 0 saturated carbocycles. The largest absolute Gasteiger partial charge is 0.451 e. The average Bonchev–Trinajstić information content (AvgIpc) is 2.02. The van der Waals surface area contributed by atoms with Gasteiger partial charge in [0.25, 0.3) is 0 Å². The van der Waals surface area contributed by atoms with Crippen molar-refractivity contribution in [3.05, 3.63) is 29.8 Å². The Labute approximate surface area is 91.1 Å². The van der Waals surface area contributed by atoms with Crippen LogP contribution in [0.25, 0.3) is 0 Å². The Kier molecular flexibility index (Phi) is 3.27. The molecule has 1 rings (SSSR count). The van der Waals surface area contributed by atoms with Crippen LogP contribution in [0.4, 0.5) is 0 Å². The standard InChI is InChI=1S/C12H16OS/c1-9(14)13-11-7-5-10(6-8-11)12(2,3)4/h5-8H,1-4H3. The van der Waals surface area contributed by atoms with E-state index in [0.29, 0.717) is 5.05 Å². The SMILES string of the molecule is CC(=S)Oc1ccc(C(C)(C)C)cc1. The van der Waals surface area contributed by atoms with Crippen molar-refractivity contribution < 1.29 is 4.74 Å². The van der Waals surface area contributed by atoms with Crippen LogP contribution in [0.3, 0.4) is 0 Å². The minimum absolute atomic E-state index is 0.186. The second kappa shape index (κ2) is 4.09. The number of hydrogen-bond acceptors (Lipinski definition) is 2. The van der Waals surface area contributed by atoms with E-state index in [1.165, 1.54) is 5.56 Å². The van der Waals surface area contributed by atoms with Gasteiger partial charge in [0, 0.05) is 6.92 Å². The Morgan fingerprint density at radius 3 is 2.00 bits per heavy atom. The van der Waals surface area contributed by atoms with Gasteiger partial charge in [0.15, 0.2) is 5.05 Å². The Balaban J connectivity index is 2.84. The van der Waals surface area contributed by atoms with Crippen LogP contribution in [0.2, 0.25) is 0 Å². The Morgan fingerprint density at radius 1 is 1.14 bits per heavy atom. The third-order valence-electron chi connectivity index (χ3n) is 1.98. The Bertz CT molecular complexity index is 319. The van der Waals surface area contributed by atoms with E-state index in [1.54, 1.807) is 6.92 Å². The summed E-state index contributed by atoms with van der Waals surface area (Å²) in [5.41, 5.74) is 1.48. The maximum absolute atomic E-state index is 5.31. The van der Waals surface area contributed by atoms with Gasteiger partial charge in [0.05, 0.1) is 0 Å². The van der Waals surface area contributed by atoms with Crippen molar-refractivity contribution in [3.8, 4) is 5.75 Å². The van der Waals surface area contributed by atoms with Gasteiger partial charge in [-0.2, -0.15) is 0 Å². The quantitative estimate of drug-likeness (QED) is 0.651. The molecule has 0 N–H and O–H groups in total. The zero-order valence-corrected chi connectivity index (χ0v) is 9.94. The predicted molar refractivity (Wildman–Crippen MR) is 64.0 cm³/mol. The first-order valence-corrected chi connectivity index (χ1v) is 5.09. The Morgan fingerprint density at radius 2 is 1.64 bits per heavy atom. The lowest BCUT2D eigenvalue weighted by Gasteiger charge is -2.18. The van der Waals surface area contributed by atoms with Gasteiger partial charge in [-0.05, 0) is 35.3 Å². The summed E-state index contributed by atoms with van der Waals surface area (Å²) in [5.74, 6) is 0.811. The van der Waals surface area contributed by atoms with Gasteiger partial charge in [-0.1, -0.05) is 32.9 Å². The van der Waals surface area contributed by atoms with E-state index in [0.717, 1.165) is 5.75 Å². The molecule has 0 aromatic heterocycles. The molecule has 0 radical (unpaired) electrons. The molecule has 76 valence electrons. The lowest BCUT2D eigenvalue weighted by molar-refractivity contribution is 0.556. The van der Waals surface area contributed by atoms with E-state index in [-0.39, 0.29) is 5.41 Å². The molecule has 1 aromatic carbocycles. The molecule has 0 aliphatic heterocycles. The normalized spacial score (nSPS) is 11.1. The molecular formula is C12H16OS. The summed E-state index contributed by atoms with van der Waals surface area (Å²) >= 11 is 4.86. The van der Waals surface area contributed by atoms with E-state index >= 15 is 0 Å². The molecule has 0 fully saturated rings. The minimum atomic E-state index is 0.186. The zero-order valence-electron chi connectivity index (χ0n) is 9.13. The first-order valence-electron chi connectivity index (χ1n) is 4.68. The summed E-state index contributed by atoms with van der Waals surface area (Å²) in [6.45, 7) is 8.33. The third-order valence-corrected chi connectivity index (χ3v) is 2.07. The molecule has 2 heteroatoms. The van der Waals surface area contributed by atoms with E-state index in [9.17, 15) is 0 Å². The molecular weight excluding hydrogens is 192 g/mol. The van der Waals surface area contributed by atoms with E-state index in [2.05, 4.69) is 32.9 Å². The van der Waals surface area contributed by atoms with Crippen LogP contribution in [-0.4, -0.2) is 5.05 Å². The molecule has 1 nitrogen and oxygen atoms in total. The summed E-state index contributed by atoms with van der Waals surface area (Å²) in [6.07, 6.45) is 0. The van der Waals surface area contributed by atoms with Crippen molar-refractivity contribution in [3.63, 3.8) is 0 Å². The summed E-state index contributed by atoms with van der Waals surface area (Å²) in [4.78, 5) is 0. The molecule has 1 aromatic rings. The van der Waals surface area contributed by atoms with Crippen LogP contribution in [-0.2, 0) is 5.41 Å². The van der Waals surface area contributed by atoms with E-state index < -0.39 is 0 Å². The maximum atomic E-state index is 5.31. The fourth-order valence-corrected chi connectivity index (χ4v) is 1.29. The second-order valence-corrected chi connectivity index (χ2v) is 4.94. The summed E-state index contributed by atoms with van der Waals surface area (Å²) in [5, 5.41) is 0.550. The van der Waals surface area contributed by atoms with Gasteiger partial charge in [-0.3, -0.25) is 0 Å². The van der Waals surface area contributed by atoms with E-state index in [1.807, 2.05) is 12.1 Å². The van der Waals surface area contributed by atoms with Gasteiger partial charge in [0.2, 0.25) is 0 Å². The lowest BCUT2D eigenvalue weighted by atomic mass is 9.87. The summed E-state index contributed by atoms with van der Waals surface area (Å²) in [6, 6.07) is 8.06. The van der Waals surface area contributed by atoms with Crippen LogP contribution in [0.1, 0.15) is 33.3 Å². The molecule has 0 spiro atoms. The predicted octanol–water partition coefficient (Wildman–Crippen LogP) is 3.71. The number of thiocarbonyl (C=S) groups is 1. The molecule has 0 amide bonds. The molecule has 14 heavy (non-hydrogen) atoms. The minimum Gasteiger partial charge on any atom is -0.451 e. The van der Waals surface area contributed by atoms with Crippen LogP contribution in [0, 0.1) is 0 Å². The zero-order chi connectivity index (χ0) is 10.8. The van der Waals surface area contributed by atoms with Gasteiger partial charge in [0.1, 0.15) is 5.75 Å². The van der Waals surface area contributed by atoms with E-state index in [4.69, 9.17) is 17.0 Å². The smallest absolute Gasteiger partial charge is 0.164 e. The van der Waals surface area contributed by atoms with Gasteiger partial charge >= 0.3 is 0 Å². The first-order chi connectivity index (χ1) is 6.39. The number of ether oxygens (including phenoxy) is 1. The molecule has 0 aliphatic rings. The lowest BCUT2D eigenvalue weighted by Crippen LogP contribution is -2.10. The van der Waals surface area contributed by atoms with Crippen molar-refractivity contribution in [2.45, 2.75) is 33.1 Å². The fraction of sp³-hybridized carbons (Fsp3) is 0.417. The highest BCUT2D eigenvalue weighted by Gasteiger charge is 2.12. The molecule has 0 saturated heterocycles. The highest BCUT2D eigenvalue weighted by molar-refractivity contribution is 7.80. The molecule has 0 unspecified atom stereocenters. The number of hydrogen-bond donors (Lipinski definition) is 0. The highest BCUT2D eigenvalue weighted by Crippen LogP contribution is 2.24. The summed E-state index contributed by atoms with van der Waals surface area (Å²) in [7, 11) is 0. The van der Waals surface area contributed by atoms with Crippen LogP contribution >= 0.6 is 12.2 Å². The maximum Gasteiger partial charge on any atom is 0.164 e. The monoisotopic (exact) mass is 208 g/mol. The van der Waals surface area contributed by atoms with Crippen molar-refractivity contribution in [2.75, 3.05) is 0 Å². The molecule has 0 aliphatic carbocycles. The first kappa shape index (κ1) is 11.2. The topological polar surface area (TPSA) is 9.23 Å². The average molecular weight is 208 g/mol. The van der Waals surface area contributed by atoms with Gasteiger partial charge < -0.3 is 4.74 Å². The van der Waals surface area contributed by atoms with Crippen molar-refractivity contribution in [2.24, 2.45) is 0 Å². The molecule has 0 bridgehead atoms. The van der Waals surface area contributed by atoms with Crippen molar-refractivity contribution in [1.82, 2.24) is 0 Å². The third kappa shape index (κ3) is 3.11. The van der Waals surface area contributed by atoms with Crippen LogP contribution in [0.5, 0.6) is 5.75 Å². The highest BCUT2D eigenvalue weighted by atomic mass is 32.1. The van der Waals surface area contributed by atoms with Crippen molar-refractivity contribution in [1.29, 1.82) is 0 Å². The van der Waals surface area contributed by atoms with Gasteiger partial charge in [-0.25, -0.2) is 0 Å². The van der Waals surface area contributed by atoms with Gasteiger partial charge in [-0.15, -0.1) is 0 Å². The van der Waals surface area contributed by atoms with Crippen molar-refractivity contribution >= 4 is 17.3 Å². The number of rotatable bonds is 1. The Hall–Kier alpha value is -0.890.